The van der Waals surface area contributed by atoms with Crippen LogP contribution in [0.4, 0.5) is 4.79 Å². The quantitative estimate of drug-likeness (QED) is 0.159. The minimum Gasteiger partial charge on any atom is -0.444 e. The Labute approximate surface area is 298 Å². The average molecular weight is 725 g/mol. The number of rotatable bonds is 12. The molecule has 0 radical (unpaired) electrons. The van der Waals surface area contributed by atoms with Gasteiger partial charge in [0.25, 0.3) is 24.3 Å². The van der Waals surface area contributed by atoms with Gasteiger partial charge in [0.1, 0.15) is 5.60 Å². The monoisotopic (exact) mass is 724 g/mol. The molecule has 0 spiro atoms. The van der Waals surface area contributed by atoms with E-state index in [1.807, 2.05) is 64.1 Å². The molecule has 1 aliphatic heterocycles. The zero-order valence-electron chi connectivity index (χ0n) is 30.7. The number of fused-ring (bicyclic) bond motifs is 1. The lowest BCUT2D eigenvalue weighted by molar-refractivity contribution is 0.0135. The Kier molecular flexibility index (Phi) is 11.9. The Morgan fingerprint density at radius 3 is 2.10 bits per heavy atom. The molecule has 0 saturated heterocycles. The van der Waals surface area contributed by atoms with Crippen LogP contribution >= 0.6 is 0 Å². The van der Waals surface area contributed by atoms with Crippen molar-refractivity contribution in [1.29, 1.82) is 0 Å². The van der Waals surface area contributed by atoms with Crippen LogP contribution in [0.1, 0.15) is 70.2 Å². The van der Waals surface area contributed by atoms with Gasteiger partial charge in [0.05, 0.1) is 25.5 Å². The highest BCUT2D eigenvalue weighted by molar-refractivity contribution is 7.85. The molecule has 13 heteroatoms. The van der Waals surface area contributed by atoms with Gasteiger partial charge >= 0.3 is 6.09 Å². The third-order valence-electron chi connectivity index (χ3n) is 8.92. The van der Waals surface area contributed by atoms with Gasteiger partial charge in [0, 0.05) is 43.2 Å². The number of aromatic nitrogens is 2. The maximum atomic E-state index is 14.1. The first kappa shape index (κ1) is 39.0. The van der Waals surface area contributed by atoms with E-state index in [1.165, 1.54) is 4.90 Å². The van der Waals surface area contributed by atoms with Crippen LogP contribution < -0.4 is 10.4 Å². The number of carbonyl (C=O) groups is 2. The average Bonchev–Trinajstić information content (AvgIpc) is 3.44. The van der Waals surface area contributed by atoms with E-state index in [0.29, 0.717) is 12.0 Å². The predicted octanol–water partition coefficient (Wildman–Crippen LogP) is 4.89. The third-order valence-corrected chi connectivity index (χ3v) is 14.5. The molecule has 0 unspecified atom stereocenters. The minimum atomic E-state index is -3.83. The molecule has 4 rings (SSSR count). The lowest BCUT2D eigenvalue weighted by Gasteiger charge is -2.46. The van der Waals surface area contributed by atoms with Crippen LogP contribution in [0.2, 0.25) is 5.04 Å². The van der Waals surface area contributed by atoms with E-state index in [-0.39, 0.29) is 42.4 Å². The molecule has 1 aromatic heterocycles. The van der Waals surface area contributed by atoms with Gasteiger partial charge in [-0.1, -0.05) is 87.5 Å². The van der Waals surface area contributed by atoms with Crippen molar-refractivity contribution in [2.75, 3.05) is 26.5 Å². The maximum Gasteiger partial charge on any atom is 0.410 e. The van der Waals surface area contributed by atoms with Crippen LogP contribution in [-0.2, 0) is 36.4 Å². The Hall–Kier alpha value is -3.78. The van der Waals surface area contributed by atoms with Crippen LogP contribution in [0.3, 0.4) is 0 Å². The summed E-state index contributed by atoms with van der Waals surface area (Å²) < 4.78 is 42.9. The van der Waals surface area contributed by atoms with Crippen molar-refractivity contribution in [3.8, 4) is 0 Å². The topological polar surface area (TPSA) is 131 Å². The summed E-state index contributed by atoms with van der Waals surface area (Å²) in [7, 11) is -5.30. The summed E-state index contributed by atoms with van der Waals surface area (Å²) in [6.07, 6.45) is 1.97. The van der Waals surface area contributed by atoms with E-state index in [9.17, 15) is 18.0 Å². The van der Waals surface area contributed by atoms with Crippen molar-refractivity contribution >= 4 is 40.8 Å². The van der Waals surface area contributed by atoms with E-state index in [1.54, 1.807) is 18.0 Å². The molecule has 50 heavy (non-hydrogen) atoms. The molecule has 2 heterocycles. The lowest BCUT2D eigenvalue weighted by Crippen LogP contribution is -2.68. The van der Waals surface area contributed by atoms with Gasteiger partial charge in [-0.3, -0.25) is 14.1 Å². The SMILES string of the molecule is C=C[C@@H](O[Si](c1ccccc1)(c1ccccc1)C(C)(C)C)[C@H](COS(C)(=O)=O)CN(C)C(=O)c1n[nH]c2c1CN(C(=O)OC(C)(C)C)[C@H](C)C2. The molecule has 3 atom stereocenters. The Balaban J connectivity index is 1.69. The second kappa shape index (κ2) is 15.2. The van der Waals surface area contributed by atoms with E-state index in [0.717, 1.165) is 22.3 Å². The van der Waals surface area contributed by atoms with Gasteiger partial charge in [0.15, 0.2) is 5.69 Å². The van der Waals surface area contributed by atoms with Gasteiger partial charge in [0.2, 0.25) is 0 Å². The first-order valence-electron chi connectivity index (χ1n) is 16.8. The molecule has 0 aliphatic carbocycles. The number of hydrogen-bond acceptors (Lipinski definition) is 8. The summed E-state index contributed by atoms with van der Waals surface area (Å²) in [6, 6.07) is 20.0. The molecular formula is C37H52N4O7SSi. The number of aromatic amines is 1. The molecule has 2 aromatic carbocycles. The molecular weight excluding hydrogens is 673 g/mol. The van der Waals surface area contributed by atoms with E-state index < -0.39 is 42.2 Å². The number of hydrogen-bond donors (Lipinski definition) is 1. The fourth-order valence-electron chi connectivity index (χ4n) is 6.52. The van der Waals surface area contributed by atoms with Crippen molar-refractivity contribution in [3.05, 3.63) is 90.3 Å². The van der Waals surface area contributed by atoms with Gasteiger partial charge in [-0.05, 0) is 43.1 Å². The molecule has 0 bridgehead atoms. The second-order valence-electron chi connectivity index (χ2n) is 15.1. The maximum absolute atomic E-state index is 14.1. The van der Waals surface area contributed by atoms with Gasteiger partial charge < -0.3 is 19.0 Å². The molecule has 272 valence electrons. The highest BCUT2D eigenvalue weighted by Crippen LogP contribution is 2.38. The van der Waals surface area contributed by atoms with Crippen molar-refractivity contribution < 1.29 is 31.4 Å². The smallest absolute Gasteiger partial charge is 0.410 e. The normalized spacial score (nSPS) is 16.7. The summed E-state index contributed by atoms with van der Waals surface area (Å²) in [5, 5.41) is 9.11. The summed E-state index contributed by atoms with van der Waals surface area (Å²) in [4.78, 5) is 30.3. The molecule has 11 nitrogen and oxygen atoms in total. The summed E-state index contributed by atoms with van der Waals surface area (Å²) in [5.74, 6) is -1.02. The highest BCUT2D eigenvalue weighted by atomic mass is 32.2. The fourth-order valence-corrected chi connectivity index (χ4v) is 11.7. The zero-order valence-corrected chi connectivity index (χ0v) is 32.5. The van der Waals surface area contributed by atoms with Gasteiger partial charge in [-0.15, -0.1) is 6.58 Å². The van der Waals surface area contributed by atoms with Crippen LogP contribution in [0.5, 0.6) is 0 Å². The highest BCUT2D eigenvalue weighted by Gasteiger charge is 2.52. The number of ether oxygens (including phenoxy) is 1. The van der Waals surface area contributed by atoms with Crippen LogP contribution in [0.15, 0.2) is 73.3 Å². The molecule has 2 amide bonds. The van der Waals surface area contributed by atoms with Crippen molar-refractivity contribution in [1.82, 2.24) is 20.0 Å². The first-order valence-corrected chi connectivity index (χ1v) is 20.6. The van der Waals surface area contributed by atoms with Crippen LogP contribution in [-0.4, -0.2) is 92.9 Å². The summed E-state index contributed by atoms with van der Waals surface area (Å²) in [5.41, 5.74) is 0.922. The van der Waals surface area contributed by atoms with Crippen molar-refractivity contribution in [2.24, 2.45) is 5.92 Å². The second-order valence-corrected chi connectivity index (χ2v) is 21.0. The Bertz CT molecular complexity index is 1710. The summed E-state index contributed by atoms with van der Waals surface area (Å²) >= 11 is 0. The predicted molar refractivity (Wildman–Crippen MR) is 197 cm³/mol. The minimum absolute atomic E-state index is 0.0665. The molecule has 0 fully saturated rings. The standard InChI is InChI=1S/C37H52N4O7SSi/c1-11-32(48-50(37(6,7)8,28-18-14-12-15-19-28)29-20-16-13-17-21-29)27(25-46-49(10,44)45)23-40(9)34(42)33-30-24-41(35(43)47-36(3,4)5)26(2)22-31(30)38-39-33/h11-21,26-27,32H,1,22-25H2,2-10H3,(H,38,39)/t26-,27+,32-/m1/s1. The molecule has 0 saturated carbocycles. The number of amides is 2. The number of carbonyl (C=O) groups excluding carboxylic acids is 2. The number of benzene rings is 2. The Morgan fingerprint density at radius 1 is 1.06 bits per heavy atom. The fraction of sp³-hybridized carbons (Fsp3) is 0.486. The third kappa shape index (κ3) is 8.92. The van der Waals surface area contributed by atoms with Crippen molar-refractivity contribution in [3.63, 3.8) is 0 Å². The number of nitrogens with zero attached hydrogens (tertiary/aromatic N) is 3. The largest absolute Gasteiger partial charge is 0.444 e. The van der Waals surface area contributed by atoms with Gasteiger partial charge in [-0.25, -0.2) is 4.79 Å². The van der Waals surface area contributed by atoms with E-state index >= 15 is 0 Å². The van der Waals surface area contributed by atoms with Gasteiger partial charge in [-0.2, -0.15) is 13.5 Å². The number of H-pyrrole nitrogens is 1. The van der Waals surface area contributed by atoms with Crippen LogP contribution in [0.25, 0.3) is 0 Å². The zero-order chi connectivity index (χ0) is 37.1. The number of nitrogens with one attached hydrogen (secondary N) is 1. The summed E-state index contributed by atoms with van der Waals surface area (Å²) in [6.45, 7) is 17.9. The Morgan fingerprint density at radius 2 is 1.62 bits per heavy atom. The molecule has 1 aliphatic rings. The molecule has 3 aromatic rings. The first-order chi connectivity index (χ1) is 23.3. The van der Waals surface area contributed by atoms with Crippen molar-refractivity contribution in [2.45, 2.75) is 84.2 Å². The van der Waals surface area contributed by atoms with E-state index in [4.69, 9.17) is 13.3 Å². The van der Waals surface area contributed by atoms with Crippen LogP contribution in [0, 0.1) is 5.92 Å². The lowest BCUT2D eigenvalue weighted by atomic mass is 9.99. The van der Waals surface area contributed by atoms with E-state index in [2.05, 4.69) is 61.8 Å². The molecule has 1 N–H and O–H groups in total.